The van der Waals surface area contributed by atoms with Crippen LogP contribution in [-0.4, -0.2) is 25.9 Å². The van der Waals surface area contributed by atoms with Gasteiger partial charge in [0.05, 0.1) is 17.9 Å². The van der Waals surface area contributed by atoms with Gasteiger partial charge in [-0.2, -0.15) is 0 Å². The van der Waals surface area contributed by atoms with Gasteiger partial charge in [0.25, 0.3) is 5.91 Å². The van der Waals surface area contributed by atoms with Crippen molar-refractivity contribution >= 4 is 5.91 Å². The smallest absolute Gasteiger partial charge is 0.293 e. The van der Waals surface area contributed by atoms with E-state index in [1.165, 1.54) is 0 Å². The number of benzene rings is 1. The Morgan fingerprint density at radius 2 is 2.08 bits per heavy atom. The molecule has 1 aliphatic rings. The van der Waals surface area contributed by atoms with E-state index in [0.717, 1.165) is 28.9 Å². The van der Waals surface area contributed by atoms with Crippen molar-refractivity contribution in [2.24, 2.45) is 0 Å². The molecule has 6 heteroatoms. The summed E-state index contributed by atoms with van der Waals surface area (Å²) >= 11 is 0. The Balaban J connectivity index is 1.57. The second-order valence-electron chi connectivity index (χ2n) is 5.73. The Hall–Kier alpha value is -3.02. The Kier molecular flexibility index (Phi) is 3.57. The minimum absolute atomic E-state index is 0.165. The summed E-state index contributed by atoms with van der Waals surface area (Å²) in [7, 11) is 0. The van der Waals surface area contributed by atoms with Crippen LogP contribution in [0.25, 0.3) is 11.4 Å². The molecule has 0 bridgehead atoms. The molecule has 1 aromatic carbocycles. The van der Waals surface area contributed by atoms with E-state index in [1.807, 2.05) is 37.3 Å². The lowest BCUT2D eigenvalue weighted by Gasteiger charge is -2.11. The average molecular weight is 320 g/mol. The van der Waals surface area contributed by atoms with E-state index in [4.69, 9.17) is 4.52 Å². The summed E-state index contributed by atoms with van der Waals surface area (Å²) < 4.78 is 5.14. The topological polar surface area (TPSA) is 72.1 Å². The van der Waals surface area contributed by atoms with Gasteiger partial charge in [0.2, 0.25) is 5.76 Å². The lowest BCUT2D eigenvalue weighted by molar-refractivity contribution is 0.0708. The molecule has 0 N–H and O–H groups in total. The number of rotatable bonds is 3. The van der Waals surface area contributed by atoms with Gasteiger partial charge in [-0.1, -0.05) is 42.4 Å². The van der Waals surface area contributed by atoms with Crippen LogP contribution in [0.15, 0.2) is 47.1 Å². The monoisotopic (exact) mass is 320 g/mol. The van der Waals surface area contributed by atoms with Crippen LogP contribution < -0.4 is 0 Å². The second kappa shape index (κ2) is 5.88. The van der Waals surface area contributed by atoms with Gasteiger partial charge in [-0.25, -0.2) is 9.97 Å². The molecule has 0 atom stereocenters. The molecule has 0 aliphatic carbocycles. The van der Waals surface area contributed by atoms with E-state index >= 15 is 0 Å². The van der Waals surface area contributed by atoms with E-state index in [9.17, 15) is 4.79 Å². The van der Waals surface area contributed by atoms with Gasteiger partial charge < -0.3 is 9.42 Å². The van der Waals surface area contributed by atoms with Crippen molar-refractivity contribution in [3.8, 4) is 11.4 Å². The van der Waals surface area contributed by atoms with Crippen LogP contribution in [0.1, 0.15) is 34.4 Å². The summed E-state index contributed by atoms with van der Waals surface area (Å²) in [6.45, 7) is 2.92. The normalized spacial score (nSPS) is 13.1. The molecule has 3 heterocycles. The fraction of sp³-hybridized carbons (Fsp3) is 0.222. The van der Waals surface area contributed by atoms with Gasteiger partial charge in [0, 0.05) is 29.9 Å². The quantitative estimate of drug-likeness (QED) is 0.742. The molecule has 0 saturated carbocycles. The van der Waals surface area contributed by atoms with Gasteiger partial charge in [0.1, 0.15) is 0 Å². The predicted octanol–water partition coefficient (Wildman–Crippen LogP) is 2.85. The van der Waals surface area contributed by atoms with Gasteiger partial charge in [-0.05, 0) is 6.42 Å². The van der Waals surface area contributed by atoms with Crippen molar-refractivity contribution in [3.63, 3.8) is 0 Å². The molecule has 0 fully saturated rings. The van der Waals surface area contributed by atoms with Crippen LogP contribution in [0.4, 0.5) is 0 Å². The van der Waals surface area contributed by atoms with Crippen LogP contribution in [0, 0.1) is 0 Å². The maximum Gasteiger partial charge on any atom is 0.293 e. The molecule has 4 rings (SSSR count). The highest BCUT2D eigenvalue weighted by molar-refractivity contribution is 5.91. The fourth-order valence-electron chi connectivity index (χ4n) is 2.76. The highest BCUT2D eigenvalue weighted by atomic mass is 16.5. The van der Waals surface area contributed by atoms with E-state index in [0.29, 0.717) is 18.9 Å². The number of aryl methyl sites for hydroxylation is 1. The summed E-state index contributed by atoms with van der Waals surface area (Å²) in [6, 6.07) is 11.5. The number of carbonyl (C=O) groups excluding carboxylic acids is 1. The maximum absolute atomic E-state index is 12.5. The van der Waals surface area contributed by atoms with E-state index in [2.05, 4.69) is 15.1 Å². The molecule has 1 aliphatic heterocycles. The zero-order valence-corrected chi connectivity index (χ0v) is 13.3. The number of hydrogen-bond acceptors (Lipinski definition) is 5. The summed E-state index contributed by atoms with van der Waals surface area (Å²) in [5.41, 5.74) is 3.60. The number of fused-ring (bicyclic) bond motifs is 1. The van der Waals surface area contributed by atoms with Crippen LogP contribution in [-0.2, 0) is 19.5 Å². The highest BCUT2D eigenvalue weighted by Gasteiger charge is 2.28. The standard InChI is InChI=1S/C18H16N4O2/c1-2-14-8-16(24-21-14)18(23)22-10-13-9-19-17(20-15(13)11-22)12-6-4-3-5-7-12/h3-9H,2,10-11H2,1H3. The minimum Gasteiger partial charge on any atom is -0.351 e. The molecular weight excluding hydrogens is 304 g/mol. The summed E-state index contributed by atoms with van der Waals surface area (Å²) in [5, 5.41) is 3.88. The first-order valence-corrected chi connectivity index (χ1v) is 7.89. The van der Waals surface area contributed by atoms with Crippen molar-refractivity contribution in [2.45, 2.75) is 26.4 Å². The Morgan fingerprint density at radius 3 is 2.83 bits per heavy atom. The Labute approximate surface area is 139 Å². The summed E-state index contributed by atoms with van der Waals surface area (Å²) in [4.78, 5) is 23.3. The van der Waals surface area contributed by atoms with Crippen LogP contribution >= 0.6 is 0 Å². The van der Waals surface area contributed by atoms with Crippen molar-refractivity contribution in [2.75, 3.05) is 0 Å². The number of carbonyl (C=O) groups is 1. The van der Waals surface area contributed by atoms with Crippen LogP contribution in [0.2, 0.25) is 0 Å². The molecule has 0 unspecified atom stereocenters. The largest absolute Gasteiger partial charge is 0.351 e. The predicted molar refractivity (Wildman–Crippen MR) is 86.9 cm³/mol. The Morgan fingerprint density at radius 1 is 1.25 bits per heavy atom. The fourth-order valence-corrected chi connectivity index (χ4v) is 2.76. The maximum atomic E-state index is 12.5. The first-order chi connectivity index (χ1) is 11.7. The van der Waals surface area contributed by atoms with E-state index < -0.39 is 0 Å². The van der Waals surface area contributed by atoms with Gasteiger partial charge in [0.15, 0.2) is 5.82 Å². The third kappa shape index (κ3) is 2.56. The highest BCUT2D eigenvalue weighted by Crippen LogP contribution is 2.25. The van der Waals surface area contributed by atoms with Crippen molar-refractivity contribution in [3.05, 3.63) is 65.3 Å². The van der Waals surface area contributed by atoms with Crippen LogP contribution in [0.5, 0.6) is 0 Å². The SMILES string of the molecule is CCc1cc(C(=O)N2Cc3cnc(-c4ccccc4)nc3C2)on1. The first kappa shape index (κ1) is 14.6. The van der Waals surface area contributed by atoms with Crippen molar-refractivity contribution in [1.82, 2.24) is 20.0 Å². The second-order valence-corrected chi connectivity index (χ2v) is 5.73. The Bertz CT molecular complexity index is 889. The molecule has 3 aromatic rings. The zero-order chi connectivity index (χ0) is 16.5. The van der Waals surface area contributed by atoms with Gasteiger partial charge in [-0.3, -0.25) is 4.79 Å². The number of aromatic nitrogens is 3. The number of amides is 1. The lowest BCUT2D eigenvalue weighted by Crippen LogP contribution is -2.24. The third-order valence-corrected chi connectivity index (χ3v) is 4.11. The first-order valence-electron chi connectivity index (χ1n) is 7.89. The molecule has 0 radical (unpaired) electrons. The number of nitrogens with zero attached hydrogens (tertiary/aromatic N) is 4. The molecule has 6 nitrogen and oxygen atoms in total. The van der Waals surface area contributed by atoms with Gasteiger partial charge in [-0.15, -0.1) is 0 Å². The molecular formula is C18H16N4O2. The third-order valence-electron chi connectivity index (χ3n) is 4.11. The van der Waals surface area contributed by atoms with Crippen molar-refractivity contribution < 1.29 is 9.32 Å². The van der Waals surface area contributed by atoms with Gasteiger partial charge >= 0.3 is 0 Å². The summed E-state index contributed by atoms with van der Waals surface area (Å²) in [6.07, 6.45) is 2.54. The molecule has 0 saturated heterocycles. The average Bonchev–Trinajstić information content (AvgIpc) is 3.28. The van der Waals surface area contributed by atoms with Crippen molar-refractivity contribution in [1.29, 1.82) is 0 Å². The molecule has 0 spiro atoms. The molecule has 24 heavy (non-hydrogen) atoms. The molecule has 1 amide bonds. The summed E-state index contributed by atoms with van der Waals surface area (Å²) in [5.74, 6) is 0.786. The molecule has 120 valence electrons. The zero-order valence-electron chi connectivity index (χ0n) is 13.3. The minimum atomic E-state index is -0.165. The van der Waals surface area contributed by atoms with Crippen LogP contribution in [0.3, 0.4) is 0 Å². The van der Waals surface area contributed by atoms with E-state index in [1.54, 1.807) is 17.2 Å². The van der Waals surface area contributed by atoms with E-state index in [-0.39, 0.29) is 11.7 Å². The number of hydrogen-bond donors (Lipinski definition) is 0. The molecule has 2 aromatic heterocycles. The lowest BCUT2D eigenvalue weighted by atomic mass is 10.2.